The number of aryl methyl sites for hydroxylation is 1. The van der Waals surface area contributed by atoms with Crippen LogP contribution in [0.5, 0.6) is 0 Å². The summed E-state index contributed by atoms with van der Waals surface area (Å²) in [6.07, 6.45) is 2.00. The van der Waals surface area contributed by atoms with Gasteiger partial charge < -0.3 is 9.80 Å². The van der Waals surface area contributed by atoms with Crippen molar-refractivity contribution < 1.29 is 0 Å². The molecule has 1 aromatic heterocycles. The number of hydrogen-bond acceptors (Lipinski definition) is 3. The van der Waals surface area contributed by atoms with Crippen LogP contribution in [0.1, 0.15) is 30.5 Å². The summed E-state index contributed by atoms with van der Waals surface area (Å²) < 4.78 is 0. The molecule has 0 spiro atoms. The van der Waals surface area contributed by atoms with E-state index in [0.717, 1.165) is 45.4 Å². The predicted molar refractivity (Wildman–Crippen MR) is 252 cm³/mol. The first kappa shape index (κ1) is 36.8. The van der Waals surface area contributed by atoms with Crippen LogP contribution in [-0.4, -0.2) is 4.98 Å². The van der Waals surface area contributed by atoms with Crippen molar-refractivity contribution >= 4 is 34.1 Å². The van der Waals surface area contributed by atoms with Crippen LogP contribution in [0.3, 0.4) is 0 Å². The second-order valence-electron chi connectivity index (χ2n) is 16.1. The number of para-hydroxylation sites is 2. The lowest BCUT2D eigenvalue weighted by molar-refractivity contribution is 0.660. The number of anilines is 6. The Kier molecular flexibility index (Phi) is 9.42. The summed E-state index contributed by atoms with van der Waals surface area (Å²) >= 11 is 0. The second-order valence-corrected chi connectivity index (χ2v) is 16.1. The van der Waals surface area contributed by atoms with Gasteiger partial charge in [0.1, 0.15) is 0 Å². The highest BCUT2D eigenvalue weighted by Crippen LogP contribution is 2.51. The van der Waals surface area contributed by atoms with Crippen LogP contribution < -0.4 is 9.80 Å². The predicted octanol–water partition coefficient (Wildman–Crippen LogP) is 15.6. The molecule has 3 nitrogen and oxygen atoms in total. The van der Waals surface area contributed by atoms with Crippen LogP contribution in [0, 0.1) is 6.92 Å². The lowest BCUT2D eigenvalue weighted by Crippen LogP contribution is -2.16. The largest absolute Gasteiger partial charge is 0.310 e. The molecule has 1 aliphatic rings. The van der Waals surface area contributed by atoms with Gasteiger partial charge in [-0.05, 0) is 112 Å². The Morgan fingerprint density at radius 1 is 0.367 bits per heavy atom. The molecule has 0 unspecified atom stereocenters. The third-order valence-corrected chi connectivity index (χ3v) is 12.0. The van der Waals surface area contributed by atoms with Gasteiger partial charge in [-0.2, -0.15) is 0 Å². The van der Waals surface area contributed by atoms with Gasteiger partial charge in [-0.25, -0.2) is 0 Å². The third-order valence-electron chi connectivity index (χ3n) is 12.0. The summed E-state index contributed by atoms with van der Waals surface area (Å²) in [6, 6.07) is 76.2. The fraction of sp³-hybridized carbons (Fsp3) is 0.0702. The molecule has 60 heavy (non-hydrogen) atoms. The number of aromatic nitrogens is 1. The normalized spacial score (nSPS) is 12.4. The maximum Gasteiger partial charge on any atom is 0.0703 e. The first-order valence-corrected chi connectivity index (χ1v) is 20.7. The van der Waals surface area contributed by atoms with Crippen LogP contribution in [-0.2, 0) is 5.41 Å². The Bertz CT molecular complexity index is 2920. The van der Waals surface area contributed by atoms with E-state index in [0.29, 0.717) is 0 Å². The van der Waals surface area contributed by atoms with Gasteiger partial charge in [-0.1, -0.05) is 166 Å². The van der Waals surface area contributed by atoms with E-state index >= 15 is 0 Å². The summed E-state index contributed by atoms with van der Waals surface area (Å²) in [6.45, 7) is 6.87. The van der Waals surface area contributed by atoms with E-state index in [-0.39, 0.29) is 5.41 Å². The third kappa shape index (κ3) is 6.64. The zero-order valence-electron chi connectivity index (χ0n) is 34.1. The Morgan fingerprint density at radius 2 is 0.883 bits per heavy atom. The van der Waals surface area contributed by atoms with Crippen molar-refractivity contribution in [2.75, 3.05) is 9.80 Å². The summed E-state index contributed by atoms with van der Waals surface area (Å²) in [5.74, 6) is 0. The minimum atomic E-state index is -0.106. The number of hydrogen-bond donors (Lipinski definition) is 0. The molecule has 0 aliphatic heterocycles. The van der Waals surface area contributed by atoms with Crippen LogP contribution in [0.25, 0.3) is 44.6 Å². The van der Waals surface area contributed by atoms with Crippen LogP contribution in [0.4, 0.5) is 34.1 Å². The average Bonchev–Trinajstić information content (AvgIpc) is 3.54. The molecule has 0 saturated heterocycles. The number of benzene rings is 8. The van der Waals surface area contributed by atoms with Gasteiger partial charge in [0.15, 0.2) is 0 Å². The van der Waals surface area contributed by atoms with Crippen molar-refractivity contribution in [2.45, 2.75) is 26.2 Å². The highest BCUT2D eigenvalue weighted by atomic mass is 15.2. The number of nitrogens with zero attached hydrogens (tertiary/aromatic N) is 3. The van der Waals surface area contributed by atoms with Gasteiger partial charge in [-0.3, -0.25) is 4.98 Å². The molecule has 0 amide bonds. The van der Waals surface area contributed by atoms with Gasteiger partial charge in [0.25, 0.3) is 0 Å². The zero-order valence-corrected chi connectivity index (χ0v) is 34.1. The molecule has 288 valence electrons. The van der Waals surface area contributed by atoms with E-state index in [1.807, 2.05) is 6.20 Å². The highest BCUT2D eigenvalue weighted by molar-refractivity contribution is 5.90. The lowest BCUT2D eigenvalue weighted by Gasteiger charge is -2.29. The van der Waals surface area contributed by atoms with E-state index < -0.39 is 0 Å². The van der Waals surface area contributed by atoms with Crippen molar-refractivity contribution in [3.8, 4) is 44.6 Å². The van der Waals surface area contributed by atoms with Gasteiger partial charge in [0.05, 0.1) is 23.3 Å². The number of rotatable bonds is 9. The molecule has 0 saturated carbocycles. The summed E-state index contributed by atoms with van der Waals surface area (Å²) in [5.41, 5.74) is 19.7. The van der Waals surface area contributed by atoms with Crippen molar-refractivity contribution in [3.05, 3.63) is 235 Å². The maximum atomic E-state index is 5.10. The van der Waals surface area contributed by atoms with E-state index in [4.69, 9.17) is 4.98 Å². The summed E-state index contributed by atoms with van der Waals surface area (Å²) in [4.78, 5) is 9.80. The summed E-state index contributed by atoms with van der Waals surface area (Å²) in [5, 5.41) is 0. The molecule has 0 N–H and O–H groups in total. The maximum absolute atomic E-state index is 5.10. The van der Waals surface area contributed by atoms with Crippen molar-refractivity contribution in [3.63, 3.8) is 0 Å². The standard InChI is InChI=1S/C57H45N3/c1-40-16-15-24-50(43-19-9-5-10-20-43)56(40)60(45-21-11-6-12-22-45)49-35-37-55(58-39-49)44-28-32-47(33-29-44)59(46-30-26-42(27-31-46)41-17-7-4-8-18-41)48-34-36-52-51-23-13-14-25-53(51)57(2,3)54(52)38-48/h4-39H,1-3H3. The fourth-order valence-corrected chi connectivity index (χ4v) is 8.97. The molecule has 1 aliphatic carbocycles. The lowest BCUT2D eigenvalue weighted by atomic mass is 9.82. The second kappa shape index (κ2) is 15.4. The Balaban J connectivity index is 1.02. The molecular weight excluding hydrogens is 727 g/mol. The molecule has 10 rings (SSSR count). The first-order valence-electron chi connectivity index (χ1n) is 20.7. The Labute approximate surface area is 353 Å². The molecule has 0 radical (unpaired) electrons. The van der Waals surface area contributed by atoms with Crippen LogP contribution >= 0.6 is 0 Å². The highest BCUT2D eigenvalue weighted by Gasteiger charge is 2.35. The molecule has 0 fully saturated rings. The molecule has 1 heterocycles. The zero-order chi connectivity index (χ0) is 40.6. The average molecular weight is 772 g/mol. The van der Waals surface area contributed by atoms with E-state index in [2.05, 4.69) is 243 Å². The van der Waals surface area contributed by atoms with Gasteiger partial charge in [0.2, 0.25) is 0 Å². The fourth-order valence-electron chi connectivity index (χ4n) is 8.97. The van der Waals surface area contributed by atoms with Crippen molar-refractivity contribution in [2.24, 2.45) is 0 Å². The van der Waals surface area contributed by atoms with Crippen LogP contribution in [0.15, 0.2) is 219 Å². The van der Waals surface area contributed by atoms with E-state index in [1.165, 1.54) is 50.1 Å². The number of fused-ring (bicyclic) bond motifs is 3. The topological polar surface area (TPSA) is 19.4 Å². The molecule has 3 heteroatoms. The molecule has 8 aromatic carbocycles. The van der Waals surface area contributed by atoms with Gasteiger partial charge in [-0.15, -0.1) is 0 Å². The van der Waals surface area contributed by atoms with E-state index in [9.17, 15) is 0 Å². The van der Waals surface area contributed by atoms with Crippen molar-refractivity contribution in [1.29, 1.82) is 0 Å². The monoisotopic (exact) mass is 771 g/mol. The smallest absolute Gasteiger partial charge is 0.0703 e. The minimum absolute atomic E-state index is 0.106. The van der Waals surface area contributed by atoms with E-state index in [1.54, 1.807) is 0 Å². The quantitative estimate of drug-likeness (QED) is 0.146. The Hall–Kier alpha value is -7.49. The van der Waals surface area contributed by atoms with Crippen molar-refractivity contribution in [1.82, 2.24) is 4.98 Å². The first-order chi connectivity index (χ1) is 29.4. The molecule has 0 bridgehead atoms. The summed E-state index contributed by atoms with van der Waals surface area (Å²) in [7, 11) is 0. The van der Waals surface area contributed by atoms with Crippen LogP contribution in [0.2, 0.25) is 0 Å². The molecular formula is C57H45N3. The Morgan fingerprint density at radius 3 is 1.55 bits per heavy atom. The SMILES string of the molecule is Cc1cccc(-c2ccccc2)c1N(c1ccccc1)c1ccc(-c2ccc(N(c3ccc(-c4ccccc4)cc3)c3ccc4c(c3)C(C)(C)c3ccccc3-4)cc2)nc1. The van der Waals surface area contributed by atoms with Gasteiger partial charge in [0, 0.05) is 39.3 Å². The minimum Gasteiger partial charge on any atom is -0.310 e. The van der Waals surface area contributed by atoms with Gasteiger partial charge >= 0.3 is 0 Å². The molecule has 9 aromatic rings. The molecule has 0 atom stereocenters. The number of pyridine rings is 1.